The molecule has 0 heterocycles. The minimum atomic E-state index is -3.17. The highest BCUT2D eigenvalue weighted by Gasteiger charge is 2.19. The summed E-state index contributed by atoms with van der Waals surface area (Å²) in [5.74, 6) is 0.174. The molecule has 1 unspecified atom stereocenters. The minimum Gasteiger partial charge on any atom is -0.329 e. The molecule has 1 atom stereocenters. The van der Waals surface area contributed by atoms with Crippen LogP contribution in [-0.2, 0) is 10.0 Å². The van der Waals surface area contributed by atoms with Gasteiger partial charge in [0.05, 0.1) is 5.75 Å². The average molecular weight is 236 g/mol. The Kier molecular flexibility index (Phi) is 5.77. The van der Waals surface area contributed by atoms with Crippen LogP contribution in [-0.4, -0.2) is 26.8 Å². The Bertz CT molecular complexity index is 264. The maximum Gasteiger partial charge on any atom is 0.211 e. The van der Waals surface area contributed by atoms with Crippen molar-refractivity contribution in [3.05, 3.63) is 0 Å². The Morgan fingerprint density at radius 1 is 1.33 bits per heavy atom. The molecule has 0 aliphatic carbocycles. The van der Waals surface area contributed by atoms with E-state index in [2.05, 4.69) is 4.72 Å². The van der Waals surface area contributed by atoms with E-state index < -0.39 is 10.0 Å². The van der Waals surface area contributed by atoms with Gasteiger partial charge < -0.3 is 5.73 Å². The fourth-order valence-corrected chi connectivity index (χ4v) is 2.82. The van der Waals surface area contributed by atoms with Crippen molar-refractivity contribution in [3.63, 3.8) is 0 Å². The lowest BCUT2D eigenvalue weighted by molar-refractivity contribution is 0.395. The largest absolute Gasteiger partial charge is 0.329 e. The molecule has 0 saturated carbocycles. The van der Waals surface area contributed by atoms with E-state index in [0.29, 0.717) is 13.0 Å². The monoisotopic (exact) mass is 236 g/mol. The van der Waals surface area contributed by atoms with Crippen LogP contribution in [0.2, 0.25) is 0 Å². The Labute approximate surface area is 93.7 Å². The molecule has 4 nitrogen and oxygen atoms in total. The van der Waals surface area contributed by atoms with Gasteiger partial charge in [-0.3, -0.25) is 0 Å². The zero-order chi connectivity index (χ0) is 12.1. The van der Waals surface area contributed by atoms with Crippen molar-refractivity contribution in [2.75, 3.05) is 12.3 Å². The number of nitrogens with two attached hydrogens (primary N) is 1. The molecule has 3 N–H and O–H groups in total. The second kappa shape index (κ2) is 5.82. The SMILES string of the molecule is CCC(CN)NS(=O)(=O)CCC(C)(C)C. The van der Waals surface area contributed by atoms with E-state index in [4.69, 9.17) is 5.73 Å². The first-order valence-corrected chi connectivity index (χ1v) is 7.05. The first-order valence-electron chi connectivity index (χ1n) is 5.40. The van der Waals surface area contributed by atoms with Crippen molar-refractivity contribution in [2.45, 2.75) is 46.6 Å². The van der Waals surface area contributed by atoms with E-state index in [1.807, 2.05) is 27.7 Å². The summed E-state index contributed by atoms with van der Waals surface area (Å²) in [5.41, 5.74) is 5.49. The first-order chi connectivity index (χ1) is 6.70. The standard InChI is InChI=1S/C10H24N2O2S/c1-5-9(8-11)12-15(13,14)7-6-10(2,3)4/h9,12H,5-8,11H2,1-4H3. The summed E-state index contributed by atoms with van der Waals surface area (Å²) in [6.45, 7) is 8.36. The summed E-state index contributed by atoms with van der Waals surface area (Å²) in [4.78, 5) is 0. The molecule has 0 fully saturated rings. The zero-order valence-electron chi connectivity index (χ0n) is 10.2. The number of hydrogen-bond donors (Lipinski definition) is 2. The van der Waals surface area contributed by atoms with Gasteiger partial charge >= 0.3 is 0 Å². The molecule has 0 radical (unpaired) electrons. The van der Waals surface area contributed by atoms with E-state index in [0.717, 1.165) is 6.42 Å². The smallest absolute Gasteiger partial charge is 0.211 e. The molecule has 0 bridgehead atoms. The van der Waals surface area contributed by atoms with Crippen molar-refractivity contribution in [1.82, 2.24) is 4.72 Å². The highest BCUT2D eigenvalue weighted by atomic mass is 32.2. The van der Waals surface area contributed by atoms with Crippen LogP contribution in [0.3, 0.4) is 0 Å². The molecule has 92 valence electrons. The van der Waals surface area contributed by atoms with Gasteiger partial charge in [-0.2, -0.15) is 0 Å². The number of hydrogen-bond acceptors (Lipinski definition) is 3. The normalized spacial score (nSPS) is 15.3. The molecule has 0 aliphatic heterocycles. The molecule has 0 aliphatic rings. The highest BCUT2D eigenvalue weighted by Crippen LogP contribution is 2.18. The fraction of sp³-hybridized carbons (Fsp3) is 1.00. The number of nitrogens with one attached hydrogen (secondary N) is 1. The molecule has 0 spiro atoms. The predicted octanol–water partition coefficient (Wildman–Crippen LogP) is 1.08. The zero-order valence-corrected chi connectivity index (χ0v) is 11.0. The van der Waals surface area contributed by atoms with Gasteiger partial charge in [0, 0.05) is 12.6 Å². The van der Waals surface area contributed by atoms with Gasteiger partial charge in [-0.05, 0) is 18.3 Å². The van der Waals surface area contributed by atoms with Crippen molar-refractivity contribution < 1.29 is 8.42 Å². The van der Waals surface area contributed by atoms with Gasteiger partial charge in [0.25, 0.3) is 0 Å². The van der Waals surface area contributed by atoms with Gasteiger partial charge in [-0.25, -0.2) is 13.1 Å². The third kappa shape index (κ3) is 7.76. The lowest BCUT2D eigenvalue weighted by atomic mass is 9.94. The van der Waals surface area contributed by atoms with Crippen LogP contribution < -0.4 is 10.5 Å². The average Bonchev–Trinajstić information content (AvgIpc) is 2.10. The Morgan fingerprint density at radius 3 is 2.20 bits per heavy atom. The Morgan fingerprint density at radius 2 is 1.87 bits per heavy atom. The number of sulfonamides is 1. The first kappa shape index (κ1) is 14.9. The maximum absolute atomic E-state index is 11.6. The topological polar surface area (TPSA) is 72.2 Å². The lowest BCUT2D eigenvalue weighted by Gasteiger charge is -2.20. The predicted molar refractivity (Wildman–Crippen MR) is 64.1 cm³/mol. The fourth-order valence-electron chi connectivity index (χ4n) is 1.05. The van der Waals surface area contributed by atoms with E-state index in [-0.39, 0.29) is 17.2 Å². The third-order valence-corrected chi connectivity index (χ3v) is 3.68. The van der Waals surface area contributed by atoms with E-state index in [9.17, 15) is 8.42 Å². The van der Waals surface area contributed by atoms with E-state index in [1.54, 1.807) is 0 Å². The summed E-state index contributed by atoms with van der Waals surface area (Å²) in [5, 5.41) is 0. The summed E-state index contributed by atoms with van der Waals surface area (Å²) in [6, 6.07) is -0.130. The lowest BCUT2D eigenvalue weighted by Crippen LogP contribution is -2.41. The van der Waals surface area contributed by atoms with Crippen LogP contribution in [0.4, 0.5) is 0 Å². The Balaban J connectivity index is 4.20. The molecule has 0 aromatic carbocycles. The minimum absolute atomic E-state index is 0.0408. The third-order valence-electron chi connectivity index (χ3n) is 2.24. The molecular formula is C10H24N2O2S. The maximum atomic E-state index is 11.6. The Hall–Kier alpha value is -0.130. The van der Waals surface area contributed by atoms with Crippen LogP contribution in [0.25, 0.3) is 0 Å². The second-order valence-electron chi connectivity index (χ2n) is 5.09. The second-order valence-corrected chi connectivity index (χ2v) is 6.96. The molecular weight excluding hydrogens is 212 g/mol. The molecule has 0 amide bonds. The van der Waals surface area contributed by atoms with Crippen LogP contribution in [0.1, 0.15) is 40.5 Å². The van der Waals surface area contributed by atoms with Gasteiger partial charge in [-0.15, -0.1) is 0 Å². The highest BCUT2D eigenvalue weighted by molar-refractivity contribution is 7.89. The molecule has 0 rings (SSSR count). The molecule has 15 heavy (non-hydrogen) atoms. The van der Waals surface area contributed by atoms with Crippen LogP contribution >= 0.6 is 0 Å². The summed E-state index contributed by atoms with van der Waals surface area (Å²) < 4.78 is 25.9. The van der Waals surface area contributed by atoms with Gasteiger partial charge in [0.2, 0.25) is 10.0 Å². The van der Waals surface area contributed by atoms with Crippen molar-refractivity contribution >= 4 is 10.0 Å². The summed E-state index contributed by atoms with van der Waals surface area (Å²) >= 11 is 0. The molecule has 0 aromatic rings. The van der Waals surface area contributed by atoms with E-state index in [1.165, 1.54) is 0 Å². The molecule has 0 saturated heterocycles. The summed E-state index contributed by atoms with van der Waals surface area (Å²) in [6.07, 6.45) is 1.38. The quantitative estimate of drug-likeness (QED) is 0.725. The van der Waals surface area contributed by atoms with Crippen LogP contribution in [0.15, 0.2) is 0 Å². The van der Waals surface area contributed by atoms with E-state index >= 15 is 0 Å². The van der Waals surface area contributed by atoms with Crippen molar-refractivity contribution in [1.29, 1.82) is 0 Å². The van der Waals surface area contributed by atoms with Gasteiger partial charge in [-0.1, -0.05) is 27.7 Å². The summed E-state index contributed by atoms with van der Waals surface area (Å²) in [7, 11) is -3.17. The van der Waals surface area contributed by atoms with Gasteiger partial charge in [0.1, 0.15) is 0 Å². The van der Waals surface area contributed by atoms with Crippen molar-refractivity contribution in [2.24, 2.45) is 11.1 Å². The molecule has 0 aromatic heterocycles. The van der Waals surface area contributed by atoms with Gasteiger partial charge in [0.15, 0.2) is 0 Å². The van der Waals surface area contributed by atoms with Crippen LogP contribution in [0.5, 0.6) is 0 Å². The number of rotatable bonds is 6. The van der Waals surface area contributed by atoms with Crippen molar-refractivity contribution in [3.8, 4) is 0 Å². The molecule has 5 heteroatoms. The van der Waals surface area contributed by atoms with Crippen LogP contribution in [0, 0.1) is 5.41 Å².